The van der Waals surface area contributed by atoms with Crippen molar-refractivity contribution in [3.05, 3.63) is 24.2 Å². The Balaban J connectivity index is 0.00000312. The third kappa shape index (κ3) is 7.84. The van der Waals surface area contributed by atoms with Gasteiger partial charge in [0.05, 0.1) is 26.0 Å². The normalized spacial score (nSPS) is 11.2. The summed E-state index contributed by atoms with van der Waals surface area (Å²) in [4.78, 5) is 8.52. The number of aromatic amines is 1. The van der Waals surface area contributed by atoms with Crippen LogP contribution in [0.2, 0.25) is 0 Å². The van der Waals surface area contributed by atoms with Crippen LogP contribution in [0, 0.1) is 0 Å². The molecule has 2 aromatic heterocycles. The first-order valence-corrected chi connectivity index (χ1v) is 7.80. The molecule has 3 N–H and O–H groups in total. The van der Waals surface area contributed by atoms with Gasteiger partial charge in [0, 0.05) is 27.3 Å². The highest BCUT2D eigenvalue weighted by Gasteiger charge is 2.08. The van der Waals surface area contributed by atoms with E-state index in [4.69, 9.17) is 13.9 Å². The number of halogens is 1. The van der Waals surface area contributed by atoms with Gasteiger partial charge >= 0.3 is 0 Å². The molecule has 0 unspecified atom stereocenters. The number of ether oxygens (including phenoxy) is 2. The summed E-state index contributed by atoms with van der Waals surface area (Å²) in [5.41, 5.74) is 0. The molecule has 0 aliphatic rings. The van der Waals surface area contributed by atoms with Crippen molar-refractivity contribution in [3.63, 3.8) is 0 Å². The van der Waals surface area contributed by atoms with Gasteiger partial charge in [0.2, 0.25) is 5.82 Å². The molecule has 0 aliphatic carbocycles. The molecule has 2 rings (SSSR count). The lowest BCUT2D eigenvalue weighted by Crippen LogP contribution is -2.37. The van der Waals surface area contributed by atoms with Gasteiger partial charge in [0.1, 0.15) is 5.82 Å². The summed E-state index contributed by atoms with van der Waals surface area (Å²) in [6.45, 7) is 3.17. The highest BCUT2D eigenvalue weighted by Crippen LogP contribution is 2.13. The summed E-state index contributed by atoms with van der Waals surface area (Å²) in [6.07, 6.45) is 2.48. The largest absolute Gasteiger partial charge is 0.461 e. The lowest BCUT2D eigenvalue weighted by Gasteiger charge is -2.10. The zero-order chi connectivity index (χ0) is 17.0. The molecule has 0 aliphatic heterocycles. The molecule has 0 spiro atoms. The van der Waals surface area contributed by atoms with E-state index in [1.165, 1.54) is 0 Å². The van der Waals surface area contributed by atoms with Gasteiger partial charge in [-0.05, 0) is 18.6 Å². The molecule has 0 atom stereocenters. The number of aromatic nitrogens is 3. The number of aliphatic imine (C=N–C) groups is 1. The number of furan rings is 1. The molecule has 10 heteroatoms. The second-order valence-electron chi connectivity index (χ2n) is 4.89. The van der Waals surface area contributed by atoms with Crippen molar-refractivity contribution in [2.45, 2.75) is 13.0 Å². The van der Waals surface area contributed by atoms with E-state index in [-0.39, 0.29) is 24.0 Å². The Morgan fingerprint density at radius 2 is 2.20 bits per heavy atom. The number of methoxy groups -OCH3 is 1. The smallest absolute Gasteiger partial charge is 0.216 e. The van der Waals surface area contributed by atoms with Gasteiger partial charge in [-0.25, -0.2) is 4.98 Å². The molecule has 0 saturated heterocycles. The van der Waals surface area contributed by atoms with Gasteiger partial charge in [0.15, 0.2) is 11.7 Å². The first-order valence-electron chi connectivity index (χ1n) is 7.80. The number of rotatable bonds is 10. The summed E-state index contributed by atoms with van der Waals surface area (Å²) in [6, 6.07) is 3.62. The Bertz CT molecular complexity index is 602. The number of guanidine groups is 1. The van der Waals surface area contributed by atoms with Crippen molar-refractivity contribution in [1.29, 1.82) is 0 Å². The molecule has 2 heterocycles. The maximum atomic E-state index is 5.40. The maximum Gasteiger partial charge on any atom is 0.216 e. The predicted octanol–water partition coefficient (Wildman–Crippen LogP) is 1.40. The van der Waals surface area contributed by atoms with Crippen molar-refractivity contribution in [2.75, 3.05) is 40.5 Å². The molecular formula is C15H25IN6O3. The summed E-state index contributed by atoms with van der Waals surface area (Å²) in [5.74, 6) is 2.57. The Morgan fingerprint density at radius 1 is 1.32 bits per heavy atom. The molecular weight excluding hydrogens is 439 g/mol. The Morgan fingerprint density at radius 3 is 2.92 bits per heavy atom. The van der Waals surface area contributed by atoms with E-state index in [2.05, 4.69) is 30.8 Å². The molecule has 140 valence electrons. The van der Waals surface area contributed by atoms with E-state index in [0.29, 0.717) is 49.7 Å². The van der Waals surface area contributed by atoms with Crippen molar-refractivity contribution in [2.24, 2.45) is 4.99 Å². The minimum Gasteiger partial charge on any atom is -0.461 e. The first kappa shape index (κ1) is 21.4. The molecule has 0 amide bonds. The topological polar surface area (TPSA) is 110 Å². The number of hydrogen-bond acceptors (Lipinski definition) is 6. The average molecular weight is 464 g/mol. The fourth-order valence-corrected chi connectivity index (χ4v) is 1.90. The van der Waals surface area contributed by atoms with Crippen LogP contribution in [0.5, 0.6) is 0 Å². The molecule has 0 radical (unpaired) electrons. The summed E-state index contributed by atoms with van der Waals surface area (Å²) < 4.78 is 15.6. The van der Waals surface area contributed by atoms with Crippen LogP contribution in [0.25, 0.3) is 11.6 Å². The van der Waals surface area contributed by atoms with E-state index in [0.717, 1.165) is 13.0 Å². The van der Waals surface area contributed by atoms with Crippen LogP contribution < -0.4 is 10.6 Å². The van der Waals surface area contributed by atoms with Crippen molar-refractivity contribution < 1.29 is 13.9 Å². The van der Waals surface area contributed by atoms with E-state index >= 15 is 0 Å². The molecule has 0 fully saturated rings. The maximum absolute atomic E-state index is 5.40. The Kier molecular flexibility index (Phi) is 10.8. The zero-order valence-corrected chi connectivity index (χ0v) is 16.8. The third-order valence-electron chi connectivity index (χ3n) is 3.11. The van der Waals surface area contributed by atoms with E-state index < -0.39 is 0 Å². The Hall–Kier alpha value is -1.66. The van der Waals surface area contributed by atoms with Gasteiger partial charge in [-0.1, -0.05) is 0 Å². The van der Waals surface area contributed by atoms with E-state index in [1.54, 1.807) is 26.5 Å². The van der Waals surface area contributed by atoms with Gasteiger partial charge in [-0.2, -0.15) is 0 Å². The third-order valence-corrected chi connectivity index (χ3v) is 3.11. The number of hydrogen-bond donors (Lipinski definition) is 3. The fourth-order valence-electron chi connectivity index (χ4n) is 1.90. The number of H-pyrrole nitrogens is 1. The summed E-state index contributed by atoms with van der Waals surface area (Å²) in [7, 11) is 3.38. The van der Waals surface area contributed by atoms with Gasteiger partial charge in [-0.3, -0.25) is 10.1 Å². The summed E-state index contributed by atoms with van der Waals surface area (Å²) >= 11 is 0. The second-order valence-corrected chi connectivity index (χ2v) is 4.89. The predicted molar refractivity (Wildman–Crippen MR) is 105 cm³/mol. The lowest BCUT2D eigenvalue weighted by atomic mass is 10.4. The molecule has 2 aromatic rings. The average Bonchev–Trinajstić information content (AvgIpc) is 3.28. The van der Waals surface area contributed by atoms with E-state index in [9.17, 15) is 0 Å². The highest BCUT2D eigenvalue weighted by molar-refractivity contribution is 14.0. The van der Waals surface area contributed by atoms with E-state index in [1.807, 2.05) is 6.07 Å². The van der Waals surface area contributed by atoms with Crippen LogP contribution in [0.1, 0.15) is 12.2 Å². The van der Waals surface area contributed by atoms with Gasteiger partial charge in [-0.15, -0.1) is 29.1 Å². The minimum atomic E-state index is 0. The van der Waals surface area contributed by atoms with Crippen LogP contribution >= 0.6 is 24.0 Å². The molecule has 9 nitrogen and oxygen atoms in total. The van der Waals surface area contributed by atoms with Crippen LogP contribution in [-0.2, 0) is 16.0 Å². The van der Waals surface area contributed by atoms with Crippen LogP contribution in [0.4, 0.5) is 0 Å². The molecule has 0 saturated carbocycles. The molecule has 25 heavy (non-hydrogen) atoms. The first-order chi connectivity index (χ1) is 11.8. The SMILES string of the molecule is CN=C(NCCCOCCOC)NCc1nc(-c2ccco2)n[nH]1.I. The highest BCUT2D eigenvalue weighted by atomic mass is 127. The molecule has 0 aromatic carbocycles. The van der Waals surface area contributed by atoms with Gasteiger partial charge in [0.25, 0.3) is 0 Å². The van der Waals surface area contributed by atoms with Gasteiger partial charge < -0.3 is 24.5 Å². The zero-order valence-electron chi connectivity index (χ0n) is 14.4. The van der Waals surface area contributed by atoms with Crippen LogP contribution in [0.3, 0.4) is 0 Å². The minimum absolute atomic E-state index is 0. The van der Waals surface area contributed by atoms with Crippen LogP contribution in [-0.4, -0.2) is 61.7 Å². The Labute approximate surface area is 164 Å². The van der Waals surface area contributed by atoms with Crippen LogP contribution in [0.15, 0.2) is 27.8 Å². The lowest BCUT2D eigenvalue weighted by molar-refractivity contribution is 0.0698. The second kappa shape index (κ2) is 12.7. The molecule has 0 bridgehead atoms. The quantitative estimate of drug-likeness (QED) is 0.211. The number of nitrogens with one attached hydrogen (secondary N) is 3. The monoisotopic (exact) mass is 464 g/mol. The fraction of sp³-hybridized carbons (Fsp3) is 0.533. The number of nitrogens with zero attached hydrogens (tertiary/aromatic N) is 3. The van der Waals surface area contributed by atoms with Crippen molar-refractivity contribution in [3.8, 4) is 11.6 Å². The van der Waals surface area contributed by atoms with Crippen molar-refractivity contribution in [1.82, 2.24) is 25.8 Å². The standard InChI is InChI=1S/C15H24N6O3.HI/c1-16-15(17-6-4-7-23-10-9-22-2)18-11-13-19-14(21-20-13)12-5-3-8-24-12;/h3,5,8H,4,6-7,9-11H2,1-2H3,(H2,16,17,18)(H,19,20,21);1H. The van der Waals surface area contributed by atoms with Crippen molar-refractivity contribution >= 4 is 29.9 Å². The summed E-state index contributed by atoms with van der Waals surface area (Å²) in [5, 5.41) is 13.4.